The van der Waals surface area contributed by atoms with Crippen LogP contribution in [0, 0.1) is 0 Å². The Labute approximate surface area is 118 Å². The molecule has 0 spiro atoms. The van der Waals surface area contributed by atoms with Crippen LogP contribution in [-0.2, 0) is 0 Å². The summed E-state index contributed by atoms with van der Waals surface area (Å²) in [5.74, 6) is 1.13. The van der Waals surface area contributed by atoms with Crippen molar-refractivity contribution in [3.63, 3.8) is 0 Å². The molecule has 1 fully saturated rings. The molecule has 0 amide bonds. The molecule has 1 unspecified atom stereocenters. The molecular formula is C17H28N2. The van der Waals surface area contributed by atoms with E-state index in [1.165, 1.54) is 36.2 Å². The van der Waals surface area contributed by atoms with Crippen molar-refractivity contribution in [3.05, 3.63) is 29.3 Å². The maximum atomic E-state index is 3.72. The Hall–Kier alpha value is -1.02. The highest BCUT2D eigenvalue weighted by Gasteiger charge is 2.17. The second-order valence-corrected chi connectivity index (χ2v) is 6.30. The Balaban J connectivity index is 2.19. The van der Waals surface area contributed by atoms with E-state index in [2.05, 4.69) is 56.5 Å². The molecule has 1 aromatic rings. The Morgan fingerprint density at radius 3 is 2.26 bits per heavy atom. The van der Waals surface area contributed by atoms with E-state index in [1.807, 2.05) is 0 Å². The first-order valence-corrected chi connectivity index (χ1v) is 7.69. The van der Waals surface area contributed by atoms with E-state index in [0.717, 1.165) is 6.54 Å². The van der Waals surface area contributed by atoms with Gasteiger partial charge in [0.2, 0.25) is 0 Å². The second-order valence-electron chi connectivity index (χ2n) is 6.30. The summed E-state index contributed by atoms with van der Waals surface area (Å²) in [7, 11) is 0. The van der Waals surface area contributed by atoms with Gasteiger partial charge in [0.15, 0.2) is 0 Å². The minimum atomic E-state index is 0.567. The summed E-state index contributed by atoms with van der Waals surface area (Å²) >= 11 is 0. The van der Waals surface area contributed by atoms with Crippen molar-refractivity contribution < 1.29 is 0 Å². The van der Waals surface area contributed by atoms with E-state index in [0.29, 0.717) is 17.9 Å². The van der Waals surface area contributed by atoms with Crippen LogP contribution in [0.1, 0.15) is 63.5 Å². The lowest BCUT2D eigenvalue weighted by Gasteiger charge is -2.22. The Morgan fingerprint density at radius 2 is 1.79 bits per heavy atom. The number of hydrogen-bond acceptors (Lipinski definition) is 2. The summed E-state index contributed by atoms with van der Waals surface area (Å²) in [6.07, 6.45) is 2.61. The van der Waals surface area contributed by atoms with Gasteiger partial charge in [0.25, 0.3) is 0 Å². The van der Waals surface area contributed by atoms with Crippen LogP contribution in [0.4, 0.5) is 5.69 Å². The Kier molecular flexibility index (Phi) is 4.87. The topological polar surface area (TPSA) is 24.1 Å². The van der Waals surface area contributed by atoms with Gasteiger partial charge < -0.3 is 10.6 Å². The number of hydrogen-bond donors (Lipinski definition) is 2. The normalized spacial score (nSPS) is 19.4. The highest BCUT2D eigenvalue weighted by molar-refractivity contribution is 5.60. The van der Waals surface area contributed by atoms with E-state index in [4.69, 9.17) is 0 Å². The van der Waals surface area contributed by atoms with Crippen molar-refractivity contribution in [2.75, 3.05) is 18.4 Å². The van der Waals surface area contributed by atoms with Crippen LogP contribution < -0.4 is 10.6 Å². The molecule has 1 aliphatic heterocycles. The molecule has 1 heterocycles. The van der Waals surface area contributed by atoms with Crippen molar-refractivity contribution in [1.29, 1.82) is 0 Å². The minimum absolute atomic E-state index is 0.567. The predicted octanol–water partition coefficient (Wildman–Crippen LogP) is 4.10. The molecule has 2 heteroatoms. The van der Waals surface area contributed by atoms with Gasteiger partial charge in [-0.2, -0.15) is 0 Å². The molecule has 1 aromatic carbocycles. The molecule has 1 saturated heterocycles. The second kappa shape index (κ2) is 6.42. The lowest BCUT2D eigenvalue weighted by molar-refractivity contribution is 0.632. The van der Waals surface area contributed by atoms with Gasteiger partial charge in [-0.1, -0.05) is 45.9 Å². The fourth-order valence-corrected chi connectivity index (χ4v) is 2.91. The quantitative estimate of drug-likeness (QED) is 0.833. The molecule has 0 aliphatic carbocycles. The zero-order valence-corrected chi connectivity index (χ0v) is 12.8. The summed E-state index contributed by atoms with van der Waals surface area (Å²) in [6, 6.07) is 7.37. The molecule has 0 saturated carbocycles. The van der Waals surface area contributed by atoms with Gasteiger partial charge in [-0.05, 0) is 42.3 Å². The predicted molar refractivity (Wildman–Crippen MR) is 84.1 cm³/mol. The van der Waals surface area contributed by atoms with Crippen LogP contribution in [0.15, 0.2) is 18.2 Å². The largest absolute Gasteiger partial charge is 0.383 e. The van der Waals surface area contributed by atoms with Gasteiger partial charge in [0.1, 0.15) is 0 Å². The third-order valence-electron chi connectivity index (χ3n) is 4.06. The lowest BCUT2D eigenvalue weighted by Crippen LogP contribution is -2.30. The molecular weight excluding hydrogens is 232 g/mol. The highest BCUT2D eigenvalue weighted by atomic mass is 15.0. The molecule has 0 aromatic heterocycles. The van der Waals surface area contributed by atoms with Gasteiger partial charge in [0, 0.05) is 18.3 Å². The first-order valence-electron chi connectivity index (χ1n) is 7.69. The van der Waals surface area contributed by atoms with Gasteiger partial charge in [-0.25, -0.2) is 0 Å². The van der Waals surface area contributed by atoms with Gasteiger partial charge in [0.05, 0.1) is 0 Å². The average molecular weight is 260 g/mol. The number of rotatable bonds is 5. The number of nitrogens with one attached hydrogen (secondary N) is 2. The summed E-state index contributed by atoms with van der Waals surface area (Å²) in [5, 5.41) is 7.29. The molecule has 1 atom stereocenters. The number of benzene rings is 1. The molecule has 19 heavy (non-hydrogen) atoms. The fourth-order valence-electron chi connectivity index (χ4n) is 2.91. The molecule has 2 rings (SSSR count). The molecule has 2 nitrogen and oxygen atoms in total. The minimum Gasteiger partial charge on any atom is -0.383 e. The standard InChI is InChI=1S/C17H28N2/c1-12(2)15-8-5-9-16(13(3)4)17(15)19-11-14-7-6-10-18-14/h5,8-9,12-14,18-19H,6-7,10-11H2,1-4H3. The van der Waals surface area contributed by atoms with Gasteiger partial charge in [-0.3, -0.25) is 0 Å². The third kappa shape index (κ3) is 3.50. The van der Waals surface area contributed by atoms with Crippen LogP contribution in [0.5, 0.6) is 0 Å². The van der Waals surface area contributed by atoms with Crippen LogP contribution in [-0.4, -0.2) is 19.1 Å². The van der Waals surface area contributed by atoms with Crippen LogP contribution in [0.25, 0.3) is 0 Å². The summed E-state index contributed by atoms with van der Waals surface area (Å²) in [5.41, 5.74) is 4.27. The summed E-state index contributed by atoms with van der Waals surface area (Å²) < 4.78 is 0. The van der Waals surface area contributed by atoms with Crippen molar-refractivity contribution in [2.24, 2.45) is 0 Å². The van der Waals surface area contributed by atoms with Crippen LogP contribution >= 0.6 is 0 Å². The van der Waals surface area contributed by atoms with Crippen molar-refractivity contribution in [3.8, 4) is 0 Å². The monoisotopic (exact) mass is 260 g/mol. The number of para-hydroxylation sites is 1. The molecule has 0 bridgehead atoms. The first kappa shape index (κ1) is 14.4. The fraction of sp³-hybridized carbons (Fsp3) is 0.647. The smallest absolute Gasteiger partial charge is 0.0411 e. The van der Waals surface area contributed by atoms with Gasteiger partial charge in [-0.15, -0.1) is 0 Å². The highest BCUT2D eigenvalue weighted by Crippen LogP contribution is 2.32. The molecule has 1 aliphatic rings. The van der Waals surface area contributed by atoms with E-state index in [9.17, 15) is 0 Å². The Bertz CT molecular complexity index is 377. The van der Waals surface area contributed by atoms with E-state index in [1.54, 1.807) is 0 Å². The van der Waals surface area contributed by atoms with Crippen LogP contribution in [0.3, 0.4) is 0 Å². The maximum absolute atomic E-state index is 3.72. The van der Waals surface area contributed by atoms with Gasteiger partial charge >= 0.3 is 0 Å². The number of anilines is 1. The third-order valence-corrected chi connectivity index (χ3v) is 4.06. The Morgan fingerprint density at radius 1 is 1.16 bits per heavy atom. The average Bonchev–Trinajstić information content (AvgIpc) is 2.88. The van der Waals surface area contributed by atoms with Crippen molar-refractivity contribution in [1.82, 2.24) is 5.32 Å². The molecule has 0 radical (unpaired) electrons. The molecule has 2 N–H and O–H groups in total. The first-order chi connectivity index (χ1) is 9.09. The maximum Gasteiger partial charge on any atom is 0.0411 e. The SMILES string of the molecule is CC(C)c1cccc(C(C)C)c1NCC1CCCN1. The van der Waals surface area contributed by atoms with E-state index in [-0.39, 0.29) is 0 Å². The van der Waals surface area contributed by atoms with E-state index >= 15 is 0 Å². The summed E-state index contributed by atoms with van der Waals surface area (Å²) in [6.45, 7) is 11.3. The van der Waals surface area contributed by atoms with Crippen molar-refractivity contribution in [2.45, 2.75) is 58.4 Å². The van der Waals surface area contributed by atoms with Crippen molar-refractivity contribution >= 4 is 5.69 Å². The summed E-state index contributed by atoms with van der Waals surface area (Å²) in [4.78, 5) is 0. The van der Waals surface area contributed by atoms with Crippen LogP contribution in [0.2, 0.25) is 0 Å². The lowest BCUT2D eigenvalue weighted by atomic mass is 9.92. The molecule has 106 valence electrons. The van der Waals surface area contributed by atoms with E-state index < -0.39 is 0 Å². The zero-order valence-electron chi connectivity index (χ0n) is 12.8. The zero-order chi connectivity index (χ0) is 13.8.